The monoisotopic (exact) mass is 513 g/mol. The molecule has 0 atom stereocenters. The molecule has 5 N–H and O–H groups in total. The molecule has 2 aromatic carbocycles. The van der Waals surface area contributed by atoms with Crippen LogP contribution in [0.3, 0.4) is 0 Å². The third kappa shape index (κ3) is 5.50. The number of nitrogens with two attached hydrogens (primary N) is 2. The highest BCUT2D eigenvalue weighted by Crippen LogP contribution is 2.33. The van der Waals surface area contributed by atoms with Crippen molar-refractivity contribution in [2.45, 2.75) is 6.42 Å². The zero-order chi connectivity index (χ0) is 27.2. The van der Waals surface area contributed by atoms with Crippen LogP contribution >= 0.6 is 0 Å². The molecule has 0 fully saturated rings. The molecule has 2 heterocycles. The molecule has 4 rings (SSSR count). The van der Waals surface area contributed by atoms with Crippen molar-refractivity contribution in [3.8, 4) is 23.3 Å². The van der Waals surface area contributed by atoms with Gasteiger partial charge < -0.3 is 30.5 Å². The van der Waals surface area contributed by atoms with Crippen LogP contribution in [0, 0.1) is 11.8 Å². The quantitative estimate of drug-likeness (QED) is 0.324. The molecule has 4 aromatic rings. The Labute approximate surface area is 217 Å². The first-order chi connectivity index (χ1) is 18.3. The van der Waals surface area contributed by atoms with Gasteiger partial charge in [0.05, 0.1) is 31.7 Å². The number of anilines is 3. The predicted molar refractivity (Wildman–Crippen MR) is 139 cm³/mol. The number of rotatable bonds is 6. The number of carbonyl (C=O) groups excluding carboxylic acids is 1. The summed E-state index contributed by atoms with van der Waals surface area (Å²) < 4.78 is 16.1. The fourth-order valence-corrected chi connectivity index (χ4v) is 3.69. The second-order valence-corrected chi connectivity index (χ2v) is 7.90. The molecule has 0 aliphatic heterocycles. The SMILES string of the molecule is COc1cc(Cc2cnc(N)nc2N)cc(C#Cc2cccc(N(C(=O)O)C(=O)c3ccco3)c2)c1OC. The average Bonchev–Trinajstić information content (AvgIpc) is 3.44. The first kappa shape index (κ1) is 25.6. The van der Waals surface area contributed by atoms with Crippen LogP contribution in [0.5, 0.6) is 11.5 Å². The van der Waals surface area contributed by atoms with Crippen LogP contribution in [-0.4, -0.2) is 41.3 Å². The van der Waals surface area contributed by atoms with Crippen LogP contribution in [-0.2, 0) is 6.42 Å². The Kier molecular flexibility index (Phi) is 7.44. The molecule has 2 amide bonds. The number of carboxylic acid groups (broad SMARTS) is 1. The molecule has 0 unspecified atom stereocenters. The van der Waals surface area contributed by atoms with E-state index in [2.05, 4.69) is 21.8 Å². The van der Waals surface area contributed by atoms with Gasteiger partial charge in [0.2, 0.25) is 5.95 Å². The van der Waals surface area contributed by atoms with E-state index in [9.17, 15) is 14.7 Å². The summed E-state index contributed by atoms with van der Waals surface area (Å²) >= 11 is 0. The summed E-state index contributed by atoms with van der Waals surface area (Å²) in [6, 6.07) is 12.8. The molecule has 0 spiro atoms. The lowest BCUT2D eigenvalue weighted by molar-refractivity contribution is 0.0956. The molecular formula is C27H23N5O6. The van der Waals surface area contributed by atoms with Crippen LogP contribution in [0.15, 0.2) is 65.4 Å². The Morgan fingerprint density at radius 1 is 1.08 bits per heavy atom. The smallest absolute Gasteiger partial charge is 0.419 e. The minimum atomic E-state index is -1.46. The Morgan fingerprint density at radius 2 is 1.89 bits per heavy atom. The molecule has 0 aliphatic carbocycles. The maximum atomic E-state index is 12.7. The first-order valence-electron chi connectivity index (χ1n) is 11.2. The Balaban J connectivity index is 1.70. The van der Waals surface area contributed by atoms with Crippen molar-refractivity contribution < 1.29 is 28.6 Å². The van der Waals surface area contributed by atoms with Gasteiger partial charge in [-0.05, 0) is 48.0 Å². The number of imide groups is 1. The number of amides is 2. The summed E-state index contributed by atoms with van der Waals surface area (Å²) in [6.07, 6.45) is 1.78. The molecular weight excluding hydrogens is 490 g/mol. The number of furan rings is 1. The van der Waals surface area contributed by atoms with Gasteiger partial charge in [0.25, 0.3) is 0 Å². The van der Waals surface area contributed by atoms with Crippen molar-refractivity contribution in [1.29, 1.82) is 0 Å². The lowest BCUT2D eigenvalue weighted by atomic mass is 10.0. The second-order valence-electron chi connectivity index (χ2n) is 7.90. The average molecular weight is 514 g/mol. The fourth-order valence-electron chi connectivity index (χ4n) is 3.69. The van der Waals surface area contributed by atoms with Crippen molar-refractivity contribution in [3.05, 3.63) is 89.0 Å². The number of aromatic nitrogens is 2. The first-order valence-corrected chi connectivity index (χ1v) is 11.2. The molecule has 0 aliphatic rings. The number of hydrogen-bond donors (Lipinski definition) is 3. The Bertz CT molecular complexity index is 1560. The topological polar surface area (TPSA) is 167 Å². The van der Waals surface area contributed by atoms with Gasteiger partial charge in [-0.2, -0.15) is 4.98 Å². The molecule has 38 heavy (non-hydrogen) atoms. The summed E-state index contributed by atoms with van der Waals surface area (Å²) in [5, 5.41) is 9.68. The van der Waals surface area contributed by atoms with E-state index in [1.165, 1.54) is 44.7 Å². The molecule has 0 bridgehead atoms. The number of ether oxygens (including phenoxy) is 2. The molecule has 192 valence electrons. The van der Waals surface area contributed by atoms with Crippen molar-refractivity contribution in [2.24, 2.45) is 0 Å². The summed E-state index contributed by atoms with van der Waals surface area (Å²) in [7, 11) is 3.01. The van der Waals surface area contributed by atoms with E-state index in [-0.39, 0.29) is 23.2 Å². The molecule has 0 saturated heterocycles. The largest absolute Gasteiger partial charge is 0.493 e. The van der Waals surface area contributed by atoms with Gasteiger partial charge in [0.15, 0.2) is 17.3 Å². The van der Waals surface area contributed by atoms with E-state index < -0.39 is 12.0 Å². The van der Waals surface area contributed by atoms with Crippen molar-refractivity contribution in [1.82, 2.24) is 9.97 Å². The Hall–Kier alpha value is -5.50. The fraction of sp³-hybridized carbons (Fsp3) is 0.111. The van der Waals surface area contributed by atoms with Gasteiger partial charge in [-0.3, -0.25) is 4.79 Å². The van der Waals surface area contributed by atoms with Crippen molar-refractivity contribution in [2.75, 3.05) is 30.6 Å². The predicted octanol–water partition coefficient (Wildman–Crippen LogP) is 3.57. The minimum Gasteiger partial charge on any atom is -0.493 e. The van der Waals surface area contributed by atoms with E-state index in [1.807, 2.05) is 6.07 Å². The summed E-state index contributed by atoms with van der Waals surface area (Å²) in [4.78, 5) is 33.2. The number of nitrogens with zero attached hydrogens (tertiary/aromatic N) is 3. The van der Waals surface area contributed by atoms with Crippen molar-refractivity contribution in [3.63, 3.8) is 0 Å². The number of carbonyl (C=O) groups is 2. The molecule has 11 heteroatoms. The van der Waals surface area contributed by atoms with Gasteiger partial charge in [-0.25, -0.2) is 14.7 Å². The molecule has 11 nitrogen and oxygen atoms in total. The van der Waals surface area contributed by atoms with Crippen LogP contribution in [0.4, 0.5) is 22.2 Å². The van der Waals surface area contributed by atoms with E-state index in [0.29, 0.717) is 39.5 Å². The van der Waals surface area contributed by atoms with Gasteiger partial charge in [-0.15, -0.1) is 0 Å². The van der Waals surface area contributed by atoms with Gasteiger partial charge in [0, 0.05) is 23.7 Å². The van der Waals surface area contributed by atoms with Crippen LogP contribution in [0.2, 0.25) is 0 Å². The summed E-state index contributed by atoms with van der Waals surface area (Å²) in [5.41, 5.74) is 14.2. The third-order valence-electron chi connectivity index (χ3n) is 5.42. The highest BCUT2D eigenvalue weighted by atomic mass is 16.5. The number of hydrogen-bond acceptors (Lipinski definition) is 9. The zero-order valence-corrected chi connectivity index (χ0v) is 20.5. The van der Waals surface area contributed by atoms with E-state index in [1.54, 1.807) is 24.4 Å². The van der Waals surface area contributed by atoms with Crippen LogP contribution in [0.25, 0.3) is 0 Å². The number of benzene rings is 2. The number of nitrogen functional groups attached to an aromatic ring is 2. The maximum Gasteiger partial charge on any atom is 0.419 e. The van der Waals surface area contributed by atoms with E-state index in [4.69, 9.17) is 25.4 Å². The summed E-state index contributed by atoms with van der Waals surface area (Å²) in [5.74, 6) is 6.35. The van der Waals surface area contributed by atoms with Crippen LogP contribution in [0.1, 0.15) is 32.8 Å². The van der Waals surface area contributed by atoms with E-state index >= 15 is 0 Å². The van der Waals surface area contributed by atoms with E-state index in [0.717, 1.165) is 5.56 Å². The standard InChI is InChI=1S/C27H23N5O6/c1-36-22-14-17(12-19-15-30-26(29)31-24(19)28)11-18(23(22)37-2)9-8-16-5-3-6-20(13-16)32(27(34)35)25(33)21-7-4-10-38-21/h3-7,10-11,13-15H,12H2,1-2H3,(H,34,35)(H4,28,29,30,31). The minimum absolute atomic E-state index is 0.0830. The van der Waals surface area contributed by atoms with Crippen molar-refractivity contribution >= 4 is 29.5 Å². The third-order valence-corrected chi connectivity index (χ3v) is 5.42. The van der Waals surface area contributed by atoms with Gasteiger partial charge >= 0.3 is 12.0 Å². The van der Waals surface area contributed by atoms with Gasteiger partial charge in [-0.1, -0.05) is 17.9 Å². The highest BCUT2D eigenvalue weighted by molar-refractivity contribution is 6.17. The Morgan fingerprint density at radius 3 is 2.55 bits per heavy atom. The lowest BCUT2D eigenvalue weighted by Gasteiger charge is -2.16. The maximum absolute atomic E-state index is 12.7. The normalized spacial score (nSPS) is 10.3. The van der Waals surface area contributed by atoms with Crippen LogP contribution < -0.4 is 25.8 Å². The molecule has 0 saturated carbocycles. The summed E-state index contributed by atoms with van der Waals surface area (Å²) in [6.45, 7) is 0. The molecule has 2 aromatic heterocycles. The lowest BCUT2D eigenvalue weighted by Crippen LogP contribution is -2.35. The second kappa shape index (κ2) is 11.0. The number of methoxy groups -OCH3 is 2. The van der Waals surface area contributed by atoms with Gasteiger partial charge in [0.1, 0.15) is 5.82 Å². The molecule has 0 radical (unpaired) electrons. The zero-order valence-electron chi connectivity index (χ0n) is 20.5. The highest BCUT2D eigenvalue weighted by Gasteiger charge is 2.26.